The van der Waals surface area contributed by atoms with Gasteiger partial charge in [-0.3, -0.25) is 9.36 Å². The zero-order valence-corrected chi connectivity index (χ0v) is 12.7. The van der Waals surface area contributed by atoms with Crippen LogP contribution in [0.3, 0.4) is 0 Å². The SMILES string of the molecule is Cn1c(=O)oc2ccc(C(=O)NCCC3=CCCCC3)cc21. The molecule has 0 saturated heterocycles. The molecule has 5 nitrogen and oxygen atoms in total. The molecular formula is C17H20N2O3. The van der Waals surface area contributed by atoms with Gasteiger partial charge in [0, 0.05) is 19.2 Å². The summed E-state index contributed by atoms with van der Waals surface area (Å²) in [6.45, 7) is 0.646. The van der Waals surface area contributed by atoms with Crippen molar-refractivity contribution in [1.29, 1.82) is 0 Å². The Morgan fingerprint density at radius 3 is 3.00 bits per heavy atom. The number of aromatic nitrogens is 1. The van der Waals surface area contributed by atoms with Crippen molar-refractivity contribution >= 4 is 17.0 Å². The van der Waals surface area contributed by atoms with Gasteiger partial charge in [0.1, 0.15) is 0 Å². The lowest BCUT2D eigenvalue weighted by atomic mass is 9.97. The highest BCUT2D eigenvalue weighted by Gasteiger charge is 2.11. The molecule has 2 aromatic rings. The standard InChI is InChI=1S/C17H20N2O3/c1-19-14-11-13(7-8-15(14)22-17(19)21)16(20)18-10-9-12-5-3-2-4-6-12/h5,7-8,11H,2-4,6,9-10H2,1H3,(H,18,20). The lowest BCUT2D eigenvalue weighted by Crippen LogP contribution is -2.24. The fourth-order valence-corrected chi connectivity index (χ4v) is 2.84. The lowest BCUT2D eigenvalue weighted by Gasteiger charge is -2.13. The fraction of sp³-hybridized carbons (Fsp3) is 0.412. The van der Waals surface area contributed by atoms with Crippen LogP contribution in [-0.4, -0.2) is 17.0 Å². The second-order valence-electron chi connectivity index (χ2n) is 5.72. The van der Waals surface area contributed by atoms with Crippen molar-refractivity contribution in [3.05, 3.63) is 46.0 Å². The highest BCUT2D eigenvalue weighted by atomic mass is 16.4. The molecule has 22 heavy (non-hydrogen) atoms. The first kappa shape index (κ1) is 14.6. The monoisotopic (exact) mass is 300 g/mol. The molecule has 0 saturated carbocycles. The van der Waals surface area contributed by atoms with Gasteiger partial charge >= 0.3 is 5.76 Å². The molecule has 1 aromatic heterocycles. The normalized spacial score (nSPS) is 14.9. The zero-order chi connectivity index (χ0) is 15.5. The number of oxazole rings is 1. The Balaban J connectivity index is 1.65. The van der Waals surface area contributed by atoms with Crippen LogP contribution in [0.1, 0.15) is 42.5 Å². The number of carbonyl (C=O) groups excluding carboxylic acids is 1. The van der Waals surface area contributed by atoms with E-state index in [1.54, 1.807) is 25.2 Å². The van der Waals surface area contributed by atoms with Crippen LogP contribution < -0.4 is 11.1 Å². The quantitative estimate of drug-likeness (QED) is 0.883. The number of benzene rings is 1. The van der Waals surface area contributed by atoms with Crippen molar-refractivity contribution in [2.75, 3.05) is 6.54 Å². The van der Waals surface area contributed by atoms with Crippen molar-refractivity contribution in [3.8, 4) is 0 Å². The molecule has 1 aliphatic rings. The zero-order valence-electron chi connectivity index (χ0n) is 12.7. The lowest BCUT2D eigenvalue weighted by molar-refractivity contribution is 0.0954. The molecule has 0 bridgehead atoms. The summed E-state index contributed by atoms with van der Waals surface area (Å²) in [5.41, 5.74) is 3.12. The fourth-order valence-electron chi connectivity index (χ4n) is 2.84. The number of fused-ring (bicyclic) bond motifs is 1. The summed E-state index contributed by atoms with van der Waals surface area (Å²) in [6.07, 6.45) is 8.05. The van der Waals surface area contributed by atoms with E-state index in [0.717, 1.165) is 19.3 Å². The van der Waals surface area contributed by atoms with E-state index < -0.39 is 5.76 Å². The van der Waals surface area contributed by atoms with E-state index in [4.69, 9.17) is 4.42 Å². The van der Waals surface area contributed by atoms with Crippen molar-refractivity contribution in [3.63, 3.8) is 0 Å². The maximum Gasteiger partial charge on any atom is 0.419 e. The number of rotatable bonds is 4. The van der Waals surface area contributed by atoms with E-state index in [-0.39, 0.29) is 5.91 Å². The summed E-state index contributed by atoms with van der Waals surface area (Å²) in [4.78, 5) is 23.7. The number of aryl methyl sites for hydroxylation is 1. The Hall–Kier alpha value is -2.30. The maximum atomic E-state index is 12.2. The van der Waals surface area contributed by atoms with Gasteiger partial charge in [0.05, 0.1) is 5.52 Å². The Bertz CT molecular complexity index is 783. The average molecular weight is 300 g/mol. The summed E-state index contributed by atoms with van der Waals surface area (Å²) in [7, 11) is 1.63. The molecule has 1 N–H and O–H groups in total. The highest BCUT2D eigenvalue weighted by Crippen LogP contribution is 2.19. The summed E-state index contributed by atoms with van der Waals surface area (Å²) in [6, 6.07) is 5.03. The molecule has 1 aromatic carbocycles. The second kappa shape index (κ2) is 6.22. The molecule has 5 heteroatoms. The molecule has 3 rings (SSSR count). The molecule has 1 heterocycles. The smallest absolute Gasteiger partial charge is 0.408 e. The molecule has 0 radical (unpaired) electrons. The third-order valence-corrected chi connectivity index (χ3v) is 4.17. The predicted molar refractivity (Wildman–Crippen MR) is 85.0 cm³/mol. The van der Waals surface area contributed by atoms with Crippen LogP contribution in [0.2, 0.25) is 0 Å². The van der Waals surface area contributed by atoms with Gasteiger partial charge in [0.25, 0.3) is 5.91 Å². The van der Waals surface area contributed by atoms with Gasteiger partial charge in [-0.05, 0) is 50.3 Å². The third-order valence-electron chi connectivity index (χ3n) is 4.17. The van der Waals surface area contributed by atoms with E-state index in [1.807, 2.05) is 0 Å². The first-order valence-electron chi connectivity index (χ1n) is 7.71. The minimum Gasteiger partial charge on any atom is -0.408 e. The third kappa shape index (κ3) is 2.98. The van der Waals surface area contributed by atoms with Gasteiger partial charge in [-0.2, -0.15) is 0 Å². The number of nitrogens with zero attached hydrogens (tertiary/aromatic N) is 1. The molecule has 1 amide bonds. The van der Waals surface area contributed by atoms with Gasteiger partial charge in [0.15, 0.2) is 5.58 Å². The van der Waals surface area contributed by atoms with E-state index in [1.165, 1.54) is 23.0 Å². The average Bonchev–Trinajstić information content (AvgIpc) is 2.83. The van der Waals surface area contributed by atoms with Crippen molar-refractivity contribution in [2.45, 2.75) is 32.1 Å². The first-order valence-corrected chi connectivity index (χ1v) is 7.71. The van der Waals surface area contributed by atoms with E-state index in [0.29, 0.717) is 23.2 Å². The molecule has 0 atom stereocenters. The van der Waals surface area contributed by atoms with Crippen LogP contribution in [0.4, 0.5) is 0 Å². The molecule has 1 aliphatic carbocycles. The number of carbonyl (C=O) groups is 1. The van der Waals surface area contributed by atoms with Crippen LogP contribution in [0.15, 0.2) is 39.1 Å². The summed E-state index contributed by atoms with van der Waals surface area (Å²) < 4.78 is 6.46. The van der Waals surface area contributed by atoms with E-state index in [9.17, 15) is 9.59 Å². The predicted octanol–water partition coefficient (Wildman–Crippen LogP) is 2.75. The van der Waals surface area contributed by atoms with Crippen molar-refractivity contribution in [1.82, 2.24) is 9.88 Å². The van der Waals surface area contributed by atoms with Gasteiger partial charge in [0.2, 0.25) is 0 Å². The minimum atomic E-state index is -0.420. The first-order chi connectivity index (χ1) is 10.6. The van der Waals surface area contributed by atoms with Gasteiger partial charge in [-0.15, -0.1) is 0 Å². The summed E-state index contributed by atoms with van der Waals surface area (Å²) >= 11 is 0. The number of nitrogens with one attached hydrogen (secondary N) is 1. The molecule has 0 fully saturated rings. The molecule has 0 spiro atoms. The maximum absolute atomic E-state index is 12.2. The molecule has 0 unspecified atom stereocenters. The van der Waals surface area contributed by atoms with E-state index >= 15 is 0 Å². The molecule has 116 valence electrons. The van der Waals surface area contributed by atoms with Crippen LogP contribution in [0.25, 0.3) is 11.1 Å². The minimum absolute atomic E-state index is 0.119. The Morgan fingerprint density at radius 1 is 1.36 bits per heavy atom. The van der Waals surface area contributed by atoms with Gasteiger partial charge in [-0.1, -0.05) is 11.6 Å². The Labute approximate surface area is 128 Å². The van der Waals surface area contributed by atoms with E-state index in [2.05, 4.69) is 11.4 Å². The van der Waals surface area contributed by atoms with Gasteiger partial charge < -0.3 is 9.73 Å². The van der Waals surface area contributed by atoms with Crippen molar-refractivity contribution in [2.24, 2.45) is 7.05 Å². The molecule has 0 aliphatic heterocycles. The van der Waals surface area contributed by atoms with Crippen LogP contribution in [0, 0.1) is 0 Å². The number of hydrogen-bond acceptors (Lipinski definition) is 3. The highest BCUT2D eigenvalue weighted by molar-refractivity contribution is 5.97. The summed E-state index contributed by atoms with van der Waals surface area (Å²) in [5, 5.41) is 2.94. The number of hydrogen-bond donors (Lipinski definition) is 1. The number of amides is 1. The second-order valence-corrected chi connectivity index (χ2v) is 5.72. The van der Waals surface area contributed by atoms with Crippen molar-refractivity contribution < 1.29 is 9.21 Å². The van der Waals surface area contributed by atoms with Crippen LogP contribution in [-0.2, 0) is 7.05 Å². The largest absolute Gasteiger partial charge is 0.419 e. The topological polar surface area (TPSA) is 64.2 Å². The summed E-state index contributed by atoms with van der Waals surface area (Å²) in [5.74, 6) is -0.538. The van der Waals surface area contributed by atoms with Crippen LogP contribution in [0.5, 0.6) is 0 Å². The molecular weight excluding hydrogens is 280 g/mol. The Morgan fingerprint density at radius 2 is 2.23 bits per heavy atom. The Kier molecular flexibility index (Phi) is 4.13. The van der Waals surface area contributed by atoms with Crippen LogP contribution >= 0.6 is 0 Å². The number of allylic oxidation sites excluding steroid dienone is 1. The van der Waals surface area contributed by atoms with Gasteiger partial charge in [-0.25, -0.2) is 4.79 Å².